The molecule has 1 atom stereocenters. The number of nitrogens with one attached hydrogen (secondary N) is 1. The van der Waals surface area contributed by atoms with Crippen LogP contribution in [0.5, 0.6) is 5.75 Å². The summed E-state index contributed by atoms with van der Waals surface area (Å²) in [4.78, 5) is 12.7. The molecule has 0 saturated heterocycles. The van der Waals surface area contributed by atoms with Gasteiger partial charge < -0.3 is 10.1 Å². The smallest absolute Gasteiger partial charge is 0.247 e. The van der Waals surface area contributed by atoms with Gasteiger partial charge in [-0.25, -0.2) is 8.42 Å². The van der Waals surface area contributed by atoms with Crippen molar-refractivity contribution in [1.82, 2.24) is 0 Å². The van der Waals surface area contributed by atoms with Gasteiger partial charge in [0.2, 0.25) is 15.9 Å². The molecule has 140 valence electrons. The van der Waals surface area contributed by atoms with Gasteiger partial charge in [-0.15, -0.1) is 0 Å². The minimum Gasteiger partial charge on any atom is -0.495 e. The Hall–Kier alpha value is -2.25. The van der Waals surface area contributed by atoms with Crippen molar-refractivity contribution in [3.05, 3.63) is 53.1 Å². The van der Waals surface area contributed by atoms with Crippen LogP contribution < -0.4 is 14.4 Å². The molecule has 6 nitrogen and oxygen atoms in total. The summed E-state index contributed by atoms with van der Waals surface area (Å²) >= 11 is 5.84. The van der Waals surface area contributed by atoms with Crippen molar-refractivity contribution in [2.75, 3.05) is 23.0 Å². The number of aryl methyl sites for hydroxylation is 1. The highest BCUT2D eigenvalue weighted by atomic mass is 35.5. The van der Waals surface area contributed by atoms with Crippen molar-refractivity contribution in [2.45, 2.75) is 19.9 Å². The highest BCUT2D eigenvalue weighted by molar-refractivity contribution is 7.92. The lowest BCUT2D eigenvalue weighted by Crippen LogP contribution is -2.45. The van der Waals surface area contributed by atoms with E-state index in [-0.39, 0.29) is 0 Å². The molecule has 0 heterocycles. The molecule has 2 rings (SSSR count). The van der Waals surface area contributed by atoms with E-state index in [0.717, 1.165) is 16.1 Å². The van der Waals surface area contributed by atoms with E-state index in [1.54, 1.807) is 42.5 Å². The van der Waals surface area contributed by atoms with Crippen LogP contribution in [0.2, 0.25) is 5.02 Å². The molecule has 0 bridgehead atoms. The third-order valence-corrected chi connectivity index (χ3v) is 5.25. The van der Waals surface area contributed by atoms with Crippen LogP contribution in [0.25, 0.3) is 0 Å². The summed E-state index contributed by atoms with van der Waals surface area (Å²) in [7, 11) is -2.29. The number of rotatable bonds is 6. The third kappa shape index (κ3) is 4.68. The maximum absolute atomic E-state index is 12.7. The summed E-state index contributed by atoms with van der Waals surface area (Å²) in [5.74, 6) is -0.103. The van der Waals surface area contributed by atoms with E-state index < -0.39 is 22.0 Å². The fourth-order valence-corrected chi connectivity index (χ4v) is 3.83. The summed E-state index contributed by atoms with van der Waals surface area (Å²) in [5.41, 5.74) is 1.68. The second-order valence-electron chi connectivity index (χ2n) is 5.91. The van der Waals surface area contributed by atoms with Crippen molar-refractivity contribution in [1.29, 1.82) is 0 Å². The Bertz CT molecular complexity index is 898. The van der Waals surface area contributed by atoms with Gasteiger partial charge in [0.05, 0.1) is 19.1 Å². The summed E-state index contributed by atoms with van der Waals surface area (Å²) in [6.07, 6.45) is 1.06. The zero-order chi connectivity index (χ0) is 19.5. The van der Waals surface area contributed by atoms with Crippen molar-refractivity contribution in [2.24, 2.45) is 0 Å². The first-order valence-corrected chi connectivity index (χ1v) is 10.1. The minimum absolute atomic E-state index is 0.314. The molecule has 0 fully saturated rings. The zero-order valence-electron chi connectivity index (χ0n) is 15.0. The molecule has 0 aliphatic rings. The van der Waals surface area contributed by atoms with E-state index >= 15 is 0 Å². The lowest BCUT2D eigenvalue weighted by atomic mass is 10.2. The van der Waals surface area contributed by atoms with Gasteiger partial charge in [0.15, 0.2) is 0 Å². The summed E-state index contributed by atoms with van der Waals surface area (Å²) in [5, 5.41) is 3.24. The van der Waals surface area contributed by atoms with Crippen LogP contribution in [-0.2, 0) is 14.8 Å². The van der Waals surface area contributed by atoms with Gasteiger partial charge in [0, 0.05) is 10.7 Å². The Balaban J connectivity index is 2.39. The molecular weight excluding hydrogens is 376 g/mol. The van der Waals surface area contributed by atoms with E-state index in [0.29, 0.717) is 22.1 Å². The number of sulfonamides is 1. The molecule has 0 unspecified atom stereocenters. The minimum atomic E-state index is -3.74. The highest BCUT2D eigenvalue weighted by Gasteiger charge is 2.31. The van der Waals surface area contributed by atoms with Crippen molar-refractivity contribution in [3.63, 3.8) is 0 Å². The van der Waals surface area contributed by atoms with Crippen molar-refractivity contribution >= 4 is 38.9 Å². The van der Waals surface area contributed by atoms with Gasteiger partial charge in [0.25, 0.3) is 0 Å². The number of methoxy groups -OCH3 is 1. The van der Waals surface area contributed by atoms with Crippen LogP contribution in [0, 0.1) is 6.92 Å². The molecule has 1 amide bonds. The zero-order valence-corrected chi connectivity index (χ0v) is 16.6. The average molecular weight is 397 g/mol. The van der Waals surface area contributed by atoms with Crippen LogP contribution in [0.4, 0.5) is 11.4 Å². The number of anilines is 2. The molecule has 0 radical (unpaired) electrons. The molecule has 26 heavy (non-hydrogen) atoms. The standard InChI is InChI=1S/C18H21ClN2O4S/c1-12-5-10-17(25-3)16(11-12)21(26(4,23)24)13(2)18(22)20-15-8-6-14(19)7-9-15/h5-11,13H,1-4H3,(H,20,22)/t13-/m0/s1. The average Bonchev–Trinajstić information content (AvgIpc) is 2.56. The Morgan fingerprint density at radius 2 is 1.81 bits per heavy atom. The first-order chi connectivity index (χ1) is 12.1. The first-order valence-electron chi connectivity index (χ1n) is 7.84. The Morgan fingerprint density at radius 1 is 1.19 bits per heavy atom. The monoisotopic (exact) mass is 396 g/mol. The van der Waals surface area contributed by atoms with E-state index in [1.807, 2.05) is 6.92 Å². The molecule has 0 spiro atoms. The lowest BCUT2D eigenvalue weighted by molar-refractivity contribution is -0.116. The molecule has 8 heteroatoms. The molecular formula is C18H21ClN2O4S. The quantitative estimate of drug-likeness (QED) is 0.811. The van der Waals surface area contributed by atoms with Crippen molar-refractivity contribution < 1.29 is 17.9 Å². The summed E-state index contributed by atoms with van der Waals surface area (Å²) < 4.78 is 31.2. The third-order valence-electron chi connectivity index (χ3n) is 3.77. The molecule has 0 aliphatic carbocycles. The number of nitrogens with zero attached hydrogens (tertiary/aromatic N) is 1. The topological polar surface area (TPSA) is 75.7 Å². The van der Waals surface area contributed by atoms with Crippen LogP contribution in [0.15, 0.2) is 42.5 Å². The number of hydrogen-bond donors (Lipinski definition) is 1. The molecule has 1 N–H and O–H groups in total. The number of hydrogen-bond acceptors (Lipinski definition) is 4. The van der Waals surface area contributed by atoms with Crippen LogP contribution in [0.1, 0.15) is 12.5 Å². The highest BCUT2D eigenvalue weighted by Crippen LogP contribution is 2.32. The molecule has 0 aromatic heterocycles. The Kier molecular flexibility index (Phi) is 6.15. The fourth-order valence-electron chi connectivity index (χ4n) is 2.53. The molecule has 2 aromatic carbocycles. The Labute approximate surface area is 158 Å². The molecule has 0 saturated carbocycles. The number of benzene rings is 2. The van der Waals surface area contributed by atoms with E-state index in [9.17, 15) is 13.2 Å². The van der Waals surface area contributed by atoms with Gasteiger partial charge in [-0.3, -0.25) is 9.10 Å². The fraction of sp³-hybridized carbons (Fsp3) is 0.278. The maximum atomic E-state index is 12.7. The normalized spacial score (nSPS) is 12.3. The summed E-state index contributed by atoms with van der Waals surface area (Å²) in [6, 6.07) is 10.7. The van der Waals surface area contributed by atoms with Gasteiger partial charge in [0.1, 0.15) is 11.8 Å². The number of carbonyl (C=O) groups excluding carboxylic acids is 1. The van der Waals surface area contributed by atoms with E-state index in [1.165, 1.54) is 14.0 Å². The largest absolute Gasteiger partial charge is 0.495 e. The van der Waals surface area contributed by atoms with Crippen molar-refractivity contribution in [3.8, 4) is 5.75 Å². The summed E-state index contributed by atoms with van der Waals surface area (Å²) in [6.45, 7) is 3.36. The molecule has 0 aliphatic heterocycles. The van der Waals surface area contributed by atoms with Gasteiger partial charge in [-0.1, -0.05) is 17.7 Å². The lowest BCUT2D eigenvalue weighted by Gasteiger charge is -2.29. The van der Waals surface area contributed by atoms with Gasteiger partial charge >= 0.3 is 0 Å². The van der Waals surface area contributed by atoms with E-state index in [4.69, 9.17) is 16.3 Å². The maximum Gasteiger partial charge on any atom is 0.247 e. The number of halogens is 1. The number of carbonyl (C=O) groups is 1. The predicted octanol–water partition coefficient (Wildman–Crippen LogP) is 3.45. The molecule has 2 aromatic rings. The second-order valence-corrected chi connectivity index (χ2v) is 8.20. The first kappa shape index (κ1) is 20.1. The van der Waals surface area contributed by atoms with Crippen LogP contribution >= 0.6 is 11.6 Å². The number of ether oxygens (including phenoxy) is 1. The second kappa shape index (κ2) is 7.97. The van der Waals surface area contributed by atoms with E-state index in [2.05, 4.69) is 5.32 Å². The van der Waals surface area contributed by atoms with Crippen LogP contribution in [-0.4, -0.2) is 33.7 Å². The van der Waals surface area contributed by atoms with Crippen LogP contribution in [0.3, 0.4) is 0 Å². The predicted molar refractivity (Wildman–Crippen MR) is 105 cm³/mol. The number of amides is 1. The van der Waals surface area contributed by atoms with Gasteiger partial charge in [-0.2, -0.15) is 0 Å². The Morgan fingerprint density at radius 3 is 2.35 bits per heavy atom. The SMILES string of the molecule is COc1ccc(C)cc1N([C@@H](C)C(=O)Nc1ccc(Cl)cc1)S(C)(=O)=O. The van der Waals surface area contributed by atoms with Gasteiger partial charge in [-0.05, 0) is 55.8 Å².